The molecule has 4 heterocycles. The first-order valence-corrected chi connectivity index (χ1v) is 16.0. The fourth-order valence-electron chi connectivity index (χ4n) is 6.17. The van der Waals surface area contributed by atoms with Gasteiger partial charge < -0.3 is 25.9 Å². The van der Waals surface area contributed by atoms with Gasteiger partial charge in [-0.3, -0.25) is 4.57 Å². The molecule has 0 amide bonds. The number of nitrogens with one attached hydrogen (secondary N) is 3. The first-order chi connectivity index (χ1) is 21.7. The van der Waals surface area contributed by atoms with Crippen molar-refractivity contribution in [2.45, 2.75) is 70.1 Å². The van der Waals surface area contributed by atoms with E-state index in [0.29, 0.717) is 28.3 Å². The first-order valence-electron chi connectivity index (χ1n) is 15.6. The Kier molecular flexibility index (Phi) is 9.46. The number of aromatic nitrogens is 5. The summed E-state index contributed by atoms with van der Waals surface area (Å²) in [6, 6.07) is 14.1. The van der Waals surface area contributed by atoms with E-state index in [1.165, 1.54) is 10.1 Å². The third kappa shape index (κ3) is 7.20. The number of nitrogens with two attached hydrogens (primary N) is 1. The van der Waals surface area contributed by atoms with Gasteiger partial charge in [0.2, 0.25) is 0 Å². The van der Waals surface area contributed by atoms with Gasteiger partial charge in [0.1, 0.15) is 11.5 Å². The minimum Gasteiger partial charge on any atom is -0.339 e. The number of hydrogen-bond donors (Lipinski definition) is 4. The lowest BCUT2D eigenvalue weighted by atomic mass is 9.93. The van der Waals surface area contributed by atoms with E-state index < -0.39 is 11.5 Å². The second kappa shape index (κ2) is 13.7. The van der Waals surface area contributed by atoms with Crippen LogP contribution in [0.1, 0.15) is 62.0 Å². The number of imidazole rings is 1. The summed E-state index contributed by atoms with van der Waals surface area (Å²) >= 11 is 6.27. The largest absolute Gasteiger partial charge is 0.354 e. The molecule has 5 N–H and O–H groups in total. The van der Waals surface area contributed by atoms with Crippen LogP contribution in [0.2, 0.25) is 5.02 Å². The zero-order valence-electron chi connectivity index (χ0n) is 25.7. The van der Waals surface area contributed by atoms with Crippen molar-refractivity contribution in [3.8, 4) is 16.9 Å². The normalized spacial score (nSPS) is 17.6. The lowest BCUT2D eigenvalue weighted by Gasteiger charge is -2.31. The maximum absolute atomic E-state index is 15.1. The zero-order valence-corrected chi connectivity index (χ0v) is 26.4. The number of fused-ring (bicyclic) bond motifs is 1. The number of rotatable bonds is 11. The molecule has 1 aliphatic heterocycles. The average Bonchev–Trinajstić information content (AvgIpc) is 3.63. The molecule has 3 aromatic heterocycles. The number of piperidine rings is 1. The van der Waals surface area contributed by atoms with Crippen molar-refractivity contribution < 1.29 is 4.39 Å². The number of hydrogen-bond acceptors (Lipinski definition) is 6. The second-order valence-electron chi connectivity index (χ2n) is 12.2. The quantitative estimate of drug-likeness (QED) is 0.152. The molecular weight excluding hydrogens is 591 g/mol. The molecule has 3 atom stereocenters. The van der Waals surface area contributed by atoms with Gasteiger partial charge in [-0.15, -0.1) is 0 Å². The molecule has 11 heteroatoms. The molecule has 0 unspecified atom stereocenters. The molecule has 0 bridgehead atoms. The lowest BCUT2D eigenvalue weighted by Crippen LogP contribution is -2.43. The van der Waals surface area contributed by atoms with E-state index in [1.807, 2.05) is 43.1 Å². The van der Waals surface area contributed by atoms with Gasteiger partial charge in [0, 0.05) is 61.3 Å². The summed E-state index contributed by atoms with van der Waals surface area (Å²) in [5, 5.41) is 8.07. The van der Waals surface area contributed by atoms with Gasteiger partial charge in [0.05, 0.1) is 22.9 Å². The fraction of sp³-hybridized carbons (Fsp3) is 0.382. The number of aryl methyl sites for hydroxylation is 2. The summed E-state index contributed by atoms with van der Waals surface area (Å²) in [5.74, 6) is 0.513. The summed E-state index contributed by atoms with van der Waals surface area (Å²) in [6.07, 6.45) is 11.3. The zero-order chi connectivity index (χ0) is 31.5. The van der Waals surface area contributed by atoms with E-state index in [2.05, 4.69) is 37.7 Å². The van der Waals surface area contributed by atoms with Gasteiger partial charge in [0.25, 0.3) is 0 Å². The van der Waals surface area contributed by atoms with Crippen LogP contribution >= 0.6 is 11.6 Å². The highest BCUT2D eigenvalue weighted by Gasteiger charge is 2.22. The minimum absolute atomic E-state index is 0.0639. The third-order valence-corrected chi connectivity index (χ3v) is 8.94. The van der Waals surface area contributed by atoms with Crippen molar-refractivity contribution in [2.75, 3.05) is 6.54 Å². The van der Waals surface area contributed by atoms with Gasteiger partial charge in [-0.05, 0) is 86.9 Å². The van der Waals surface area contributed by atoms with Crippen molar-refractivity contribution >= 4 is 22.6 Å². The maximum Gasteiger partial charge on any atom is 0.354 e. The van der Waals surface area contributed by atoms with E-state index in [1.54, 1.807) is 24.4 Å². The molecule has 9 nitrogen and oxygen atoms in total. The van der Waals surface area contributed by atoms with Crippen LogP contribution in [0.4, 0.5) is 4.39 Å². The highest BCUT2D eigenvalue weighted by atomic mass is 35.5. The van der Waals surface area contributed by atoms with Crippen LogP contribution in [0, 0.1) is 5.82 Å². The van der Waals surface area contributed by atoms with E-state index >= 15 is 4.39 Å². The lowest BCUT2D eigenvalue weighted by molar-refractivity contribution is 0.314. The molecular formula is C34H40ClFN8O. The van der Waals surface area contributed by atoms with Crippen molar-refractivity contribution in [3.63, 3.8) is 0 Å². The SMILES string of the molecule is C[C@H](N)CCCc1cc(Cl)c(F)c(-c2cc3cn(-c4ccc([C@@H]5CCC[C@@H](CNCc6nccn6C)N5)cc4)c(=O)nc3[nH]2)c1. The fourth-order valence-corrected chi connectivity index (χ4v) is 6.42. The van der Waals surface area contributed by atoms with E-state index in [9.17, 15) is 4.79 Å². The number of nitrogens with zero attached hydrogens (tertiary/aromatic N) is 4. The van der Waals surface area contributed by atoms with E-state index in [0.717, 1.165) is 68.7 Å². The van der Waals surface area contributed by atoms with Crippen molar-refractivity contribution in [2.24, 2.45) is 12.8 Å². The Labute approximate surface area is 267 Å². The Balaban J connectivity index is 1.16. The number of H-pyrrole nitrogens is 1. The minimum atomic E-state index is -0.507. The topological polar surface area (TPSA) is 119 Å². The molecule has 45 heavy (non-hydrogen) atoms. The van der Waals surface area contributed by atoms with Crippen LogP contribution in [0.15, 0.2) is 65.8 Å². The van der Waals surface area contributed by atoms with Gasteiger partial charge in [0.15, 0.2) is 5.82 Å². The van der Waals surface area contributed by atoms with Crippen molar-refractivity contribution in [1.82, 2.24) is 34.7 Å². The predicted molar refractivity (Wildman–Crippen MR) is 177 cm³/mol. The van der Waals surface area contributed by atoms with Crippen LogP contribution in [0.3, 0.4) is 0 Å². The Morgan fingerprint density at radius 3 is 2.78 bits per heavy atom. The highest BCUT2D eigenvalue weighted by Crippen LogP contribution is 2.32. The Bertz CT molecular complexity index is 1830. The van der Waals surface area contributed by atoms with Gasteiger partial charge >= 0.3 is 5.69 Å². The Morgan fingerprint density at radius 1 is 1.20 bits per heavy atom. The summed E-state index contributed by atoms with van der Waals surface area (Å²) in [7, 11) is 2.00. The predicted octanol–water partition coefficient (Wildman–Crippen LogP) is 5.55. The molecule has 0 radical (unpaired) electrons. The van der Waals surface area contributed by atoms with Crippen molar-refractivity contribution in [3.05, 3.63) is 99.3 Å². The molecule has 5 aromatic rings. The molecule has 0 saturated carbocycles. The Hall–Kier alpha value is -3.83. The molecule has 0 aliphatic carbocycles. The van der Waals surface area contributed by atoms with Crippen LogP contribution < -0.4 is 22.1 Å². The van der Waals surface area contributed by atoms with Crippen molar-refractivity contribution in [1.29, 1.82) is 0 Å². The average molecular weight is 631 g/mol. The summed E-state index contributed by atoms with van der Waals surface area (Å²) in [5.41, 5.74) is 9.58. The van der Waals surface area contributed by atoms with Crippen LogP contribution in [0.5, 0.6) is 0 Å². The molecule has 6 rings (SSSR count). The van der Waals surface area contributed by atoms with E-state index in [-0.39, 0.29) is 17.1 Å². The molecule has 1 saturated heterocycles. The van der Waals surface area contributed by atoms with Gasteiger partial charge in [-0.2, -0.15) is 4.98 Å². The maximum atomic E-state index is 15.1. The third-order valence-electron chi connectivity index (χ3n) is 8.66. The number of halogens is 2. The first kappa shape index (κ1) is 31.2. The standard InChI is InChI=1S/C34H40ClFN8O/c1-21(37)5-3-6-22-15-27(32(36)28(35)16-22)30-17-24-20-44(34(45)42-33(24)41-30)26-11-9-23(10-12-26)29-8-4-7-25(40-29)18-38-19-31-39-13-14-43(31)2/h9-17,20-21,25,29,38,40H,3-8,18-19,37H2,1-2H3,(H,41,42,45)/t21-,25-,29-/m0/s1. The number of aromatic amines is 1. The number of benzene rings is 2. The monoisotopic (exact) mass is 630 g/mol. The molecule has 0 spiro atoms. The molecule has 1 aliphatic rings. The van der Waals surface area contributed by atoms with Crippen LogP contribution in [0.25, 0.3) is 28.0 Å². The summed E-state index contributed by atoms with van der Waals surface area (Å²) in [6.45, 7) is 3.58. The van der Waals surface area contributed by atoms with E-state index in [4.69, 9.17) is 17.3 Å². The smallest absolute Gasteiger partial charge is 0.339 e. The molecule has 1 fully saturated rings. The van der Waals surface area contributed by atoms with Gasteiger partial charge in [-0.1, -0.05) is 23.7 Å². The Morgan fingerprint density at radius 2 is 2.02 bits per heavy atom. The highest BCUT2D eigenvalue weighted by molar-refractivity contribution is 6.31. The van der Waals surface area contributed by atoms with Crippen LogP contribution in [-0.4, -0.2) is 42.7 Å². The second-order valence-corrected chi connectivity index (χ2v) is 12.6. The molecule has 2 aromatic carbocycles. The molecule has 236 valence electrons. The van der Waals surface area contributed by atoms with Crippen LogP contribution in [-0.2, 0) is 20.0 Å². The summed E-state index contributed by atoms with van der Waals surface area (Å²) < 4.78 is 18.7. The van der Waals surface area contributed by atoms with Gasteiger partial charge in [-0.25, -0.2) is 14.2 Å². The summed E-state index contributed by atoms with van der Waals surface area (Å²) in [4.78, 5) is 24.8.